The van der Waals surface area contributed by atoms with Crippen LogP contribution in [-0.2, 0) is 12.8 Å². The van der Waals surface area contributed by atoms with E-state index in [1.807, 2.05) is 30.3 Å². The van der Waals surface area contributed by atoms with Crippen molar-refractivity contribution < 1.29 is 17.9 Å². The Bertz CT molecular complexity index is 962. The van der Waals surface area contributed by atoms with Crippen molar-refractivity contribution in [2.75, 3.05) is 0 Å². The van der Waals surface area contributed by atoms with Crippen molar-refractivity contribution >= 4 is 10.8 Å². The fourth-order valence-corrected chi connectivity index (χ4v) is 3.40. The van der Waals surface area contributed by atoms with Crippen LogP contribution in [0.5, 0.6) is 5.75 Å². The summed E-state index contributed by atoms with van der Waals surface area (Å²) >= 11 is 0. The Balaban J connectivity index is 2.12. The molecule has 0 heterocycles. The summed E-state index contributed by atoms with van der Waals surface area (Å²) in [7, 11) is 0. The summed E-state index contributed by atoms with van der Waals surface area (Å²) in [5.41, 5.74) is 2.68. The minimum Gasteiger partial charge on any atom is -0.434 e. The summed E-state index contributed by atoms with van der Waals surface area (Å²) in [5.74, 6) is -0.692. The van der Waals surface area contributed by atoms with E-state index in [1.165, 1.54) is 6.07 Å². The zero-order chi connectivity index (χ0) is 20.1. The number of alkyl halides is 2. The Kier molecular flexibility index (Phi) is 6.40. The molecule has 28 heavy (non-hydrogen) atoms. The molecule has 3 aromatic carbocycles. The summed E-state index contributed by atoms with van der Waals surface area (Å²) < 4.78 is 46.0. The zero-order valence-corrected chi connectivity index (χ0v) is 15.9. The molecule has 1 nitrogen and oxygen atoms in total. The van der Waals surface area contributed by atoms with Gasteiger partial charge >= 0.3 is 6.61 Å². The molecule has 0 aliphatic heterocycles. The van der Waals surface area contributed by atoms with E-state index in [9.17, 15) is 8.78 Å². The lowest BCUT2D eigenvalue weighted by Gasteiger charge is -2.15. The second-order valence-corrected chi connectivity index (χ2v) is 6.77. The lowest BCUT2D eigenvalue weighted by atomic mass is 9.96. The minimum atomic E-state index is -3.03. The molecule has 0 spiro atoms. The van der Waals surface area contributed by atoms with E-state index in [-0.39, 0.29) is 11.3 Å². The molecular formula is C24H23F3O. The highest BCUT2D eigenvalue weighted by atomic mass is 19.3. The van der Waals surface area contributed by atoms with E-state index in [0.717, 1.165) is 36.8 Å². The van der Waals surface area contributed by atoms with Crippen molar-refractivity contribution in [2.24, 2.45) is 0 Å². The predicted octanol–water partition coefficient (Wildman–Crippen LogP) is 7.32. The zero-order valence-electron chi connectivity index (χ0n) is 15.9. The smallest absolute Gasteiger partial charge is 0.387 e. The van der Waals surface area contributed by atoms with Gasteiger partial charge in [0.2, 0.25) is 0 Å². The van der Waals surface area contributed by atoms with E-state index in [4.69, 9.17) is 4.74 Å². The monoisotopic (exact) mass is 384 g/mol. The molecule has 0 fully saturated rings. The average Bonchev–Trinajstić information content (AvgIpc) is 2.67. The van der Waals surface area contributed by atoms with Crippen LogP contribution < -0.4 is 4.74 Å². The Morgan fingerprint density at radius 3 is 2.36 bits per heavy atom. The minimum absolute atomic E-state index is 0.0614. The fourth-order valence-electron chi connectivity index (χ4n) is 3.40. The Hall–Kier alpha value is -2.75. The van der Waals surface area contributed by atoms with Crippen LogP contribution in [0.3, 0.4) is 0 Å². The number of hydrogen-bond acceptors (Lipinski definition) is 1. The highest BCUT2D eigenvalue weighted by molar-refractivity contribution is 5.92. The quantitative estimate of drug-likeness (QED) is 0.370. The molecule has 0 atom stereocenters. The number of benzene rings is 3. The molecule has 0 unspecified atom stereocenters. The maximum Gasteiger partial charge on any atom is 0.387 e. The second kappa shape index (κ2) is 8.96. The maximum atomic E-state index is 15.3. The number of ether oxygens (including phenoxy) is 1. The summed E-state index contributed by atoms with van der Waals surface area (Å²) in [5, 5.41) is 0.956. The number of halogens is 3. The van der Waals surface area contributed by atoms with Gasteiger partial charge in [-0.2, -0.15) is 8.78 Å². The van der Waals surface area contributed by atoms with E-state index in [1.54, 1.807) is 18.2 Å². The lowest BCUT2D eigenvalue weighted by molar-refractivity contribution is -0.0494. The van der Waals surface area contributed by atoms with Crippen LogP contribution in [0.15, 0.2) is 61.2 Å². The fraction of sp³-hybridized carbons (Fsp3) is 0.250. The van der Waals surface area contributed by atoms with Gasteiger partial charge in [0.1, 0.15) is 11.6 Å². The van der Waals surface area contributed by atoms with Crippen molar-refractivity contribution in [3.05, 3.63) is 78.1 Å². The molecule has 0 saturated carbocycles. The van der Waals surface area contributed by atoms with Gasteiger partial charge in [-0.1, -0.05) is 61.9 Å². The molecule has 0 radical (unpaired) electrons. The van der Waals surface area contributed by atoms with Crippen LogP contribution >= 0.6 is 0 Å². The molecule has 0 N–H and O–H groups in total. The van der Waals surface area contributed by atoms with Crippen LogP contribution in [0, 0.1) is 5.82 Å². The number of rotatable bonds is 8. The molecule has 0 aliphatic carbocycles. The van der Waals surface area contributed by atoms with Crippen LogP contribution in [0.25, 0.3) is 21.9 Å². The number of aryl methyl sites for hydroxylation is 2. The summed E-state index contributed by atoms with van der Waals surface area (Å²) in [4.78, 5) is 0. The SMILES string of the molecule is C=CCCc1ccc(-c2c(OC(F)F)cc3cc(CCC)ccc3c2F)cc1. The van der Waals surface area contributed by atoms with E-state index in [0.29, 0.717) is 16.3 Å². The third kappa shape index (κ3) is 4.38. The summed E-state index contributed by atoms with van der Waals surface area (Å²) in [6.07, 6.45) is 5.29. The Labute approximate surface area is 163 Å². The largest absolute Gasteiger partial charge is 0.434 e. The van der Waals surface area contributed by atoms with Crippen LogP contribution in [0.1, 0.15) is 30.9 Å². The van der Waals surface area contributed by atoms with Gasteiger partial charge < -0.3 is 4.74 Å². The van der Waals surface area contributed by atoms with Crippen molar-refractivity contribution in [2.45, 2.75) is 39.2 Å². The molecule has 4 heteroatoms. The van der Waals surface area contributed by atoms with E-state index < -0.39 is 12.4 Å². The van der Waals surface area contributed by atoms with Gasteiger partial charge in [-0.3, -0.25) is 0 Å². The van der Waals surface area contributed by atoms with Gasteiger partial charge in [0, 0.05) is 5.39 Å². The van der Waals surface area contributed by atoms with Gasteiger partial charge in [0.05, 0.1) is 5.56 Å². The molecule has 0 saturated heterocycles. The first kappa shape index (κ1) is 20.0. The number of fused-ring (bicyclic) bond motifs is 1. The molecule has 0 amide bonds. The van der Waals surface area contributed by atoms with E-state index in [2.05, 4.69) is 13.5 Å². The molecule has 0 aromatic heterocycles. The highest BCUT2D eigenvalue weighted by Crippen LogP contribution is 2.39. The Morgan fingerprint density at radius 1 is 1.00 bits per heavy atom. The topological polar surface area (TPSA) is 9.23 Å². The average molecular weight is 384 g/mol. The van der Waals surface area contributed by atoms with Crippen LogP contribution in [0.4, 0.5) is 13.2 Å². The number of hydrogen-bond donors (Lipinski definition) is 0. The Morgan fingerprint density at radius 2 is 1.71 bits per heavy atom. The van der Waals surface area contributed by atoms with Crippen molar-refractivity contribution in [3.8, 4) is 16.9 Å². The standard InChI is InChI=1S/C24H23F3O/c1-3-5-7-16-8-11-18(12-9-16)22-21(28-24(26)27)15-19-14-17(6-4-2)10-13-20(19)23(22)25/h3,8-15,24H,1,4-7H2,2H3. The highest BCUT2D eigenvalue weighted by Gasteiger charge is 2.19. The van der Waals surface area contributed by atoms with Crippen LogP contribution in [-0.4, -0.2) is 6.61 Å². The predicted molar refractivity (Wildman–Crippen MR) is 108 cm³/mol. The van der Waals surface area contributed by atoms with Gasteiger partial charge in [-0.25, -0.2) is 4.39 Å². The molecule has 0 aliphatic rings. The summed E-state index contributed by atoms with van der Waals surface area (Å²) in [6, 6.07) is 14.2. The third-order valence-electron chi connectivity index (χ3n) is 4.74. The normalized spacial score (nSPS) is 11.2. The first-order valence-electron chi connectivity index (χ1n) is 9.43. The van der Waals surface area contributed by atoms with Gasteiger partial charge in [-0.15, -0.1) is 6.58 Å². The second-order valence-electron chi connectivity index (χ2n) is 6.77. The maximum absolute atomic E-state index is 15.3. The van der Waals surface area contributed by atoms with E-state index >= 15 is 4.39 Å². The number of allylic oxidation sites excluding steroid dienone is 1. The molecule has 146 valence electrons. The van der Waals surface area contributed by atoms with Gasteiger partial charge in [-0.05, 0) is 47.4 Å². The third-order valence-corrected chi connectivity index (χ3v) is 4.74. The van der Waals surface area contributed by atoms with Crippen molar-refractivity contribution in [1.82, 2.24) is 0 Å². The van der Waals surface area contributed by atoms with Crippen LogP contribution in [0.2, 0.25) is 0 Å². The molecule has 3 aromatic rings. The molecule has 0 bridgehead atoms. The van der Waals surface area contributed by atoms with Gasteiger partial charge in [0.25, 0.3) is 0 Å². The summed E-state index contributed by atoms with van der Waals surface area (Å²) in [6.45, 7) is 2.73. The molecule has 3 rings (SSSR count). The lowest BCUT2D eigenvalue weighted by Crippen LogP contribution is -2.05. The van der Waals surface area contributed by atoms with Crippen molar-refractivity contribution in [3.63, 3.8) is 0 Å². The van der Waals surface area contributed by atoms with Gasteiger partial charge in [0.15, 0.2) is 0 Å². The first-order valence-corrected chi connectivity index (χ1v) is 9.43. The van der Waals surface area contributed by atoms with Crippen molar-refractivity contribution in [1.29, 1.82) is 0 Å². The first-order chi connectivity index (χ1) is 13.5. The molecular weight excluding hydrogens is 361 g/mol.